The third-order valence-corrected chi connectivity index (χ3v) is 2.92. The minimum Gasteiger partial charge on any atom is -0.245 e. The quantitative estimate of drug-likeness (QED) is 0.757. The van der Waals surface area contributed by atoms with E-state index in [0.717, 1.165) is 16.8 Å². The molecule has 2 aromatic rings. The Bertz CT molecular complexity index is 498. The summed E-state index contributed by atoms with van der Waals surface area (Å²) >= 11 is 12.0. The van der Waals surface area contributed by atoms with E-state index in [-0.39, 0.29) is 0 Å². The van der Waals surface area contributed by atoms with Gasteiger partial charge in [-0.3, -0.25) is 0 Å². The zero-order chi connectivity index (χ0) is 10.8. The fourth-order valence-electron chi connectivity index (χ4n) is 1.37. The molecule has 1 aromatic heterocycles. The molecule has 0 aliphatic carbocycles. The molecule has 0 radical (unpaired) electrons. The SMILES string of the molecule is Cc1cncnc1-c1cccc(Cl)c1Cl. The normalized spacial score (nSPS) is 10.3. The van der Waals surface area contributed by atoms with Crippen LogP contribution in [0.5, 0.6) is 0 Å². The molecule has 2 nitrogen and oxygen atoms in total. The summed E-state index contributed by atoms with van der Waals surface area (Å²) in [6.07, 6.45) is 3.25. The Hall–Kier alpha value is -1.12. The lowest BCUT2D eigenvalue weighted by Crippen LogP contribution is -1.90. The number of hydrogen-bond donors (Lipinski definition) is 0. The Morgan fingerprint density at radius 1 is 1.20 bits per heavy atom. The molecule has 0 unspecified atom stereocenters. The second kappa shape index (κ2) is 4.17. The molecule has 4 heteroatoms. The van der Waals surface area contributed by atoms with Gasteiger partial charge in [0.2, 0.25) is 0 Å². The minimum atomic E-state index is 0.529. The molecule has 0 bridgehead atoms. The standard InChI is InChI=1S/C11H8Cl2N2/c1-7-5-14-6-15-11(7)8-3-2-4-9(12)10(8)13/h2-6H,1H3. The maximum absolute atomic E-state index is 6.11. The Morgan fingerprint density at radius 2 is 2.00 bits per heavy atom. The van der Waals surface area contributed by atoms with E-state index in [1.807, 2.05) is 19.1 Å². The van der Waals surface area contributed by atoms with Crippen molar-refractivity contribution in [3.05, 3.63) is 46.3 Å². The van der Waals surface area contributed by atoms with Crippen LogP contribution in [-0.2, 0) is 0 Å². The molecule has 0 aliphatic rings. The third-order valence-electron chi connectivity index (χ3n) is 2.10. The third kappa shape index (κ3) is 1.96. The molecule has 0 amide bonds. The van der Waals surface area contributed by atoms with Crippen molar-refractivity contribution in [2.45, 2.75) is 6.92 Å². The average molecular weight is 239 g/mol. The van der Waals surface area contributed by atoms with Crippen LogP contribution >= 0.6 is 23.2 Å². The first kappa shape index (κ1) is 10.4. The van der Waals surface area contributed by atoms with Gasteiger partial charge < -0.3 is 0 Å². The van der Waals surface area contributed by atoms with E-state index >= 15 is 0 Å². The zero-order valence-corrected chi connectivity index (χ0v) is 9.55. The molecule has 0 saturated heterocycles. The molecule has 76 valence electrons. The van der Waals surface area contributed by atoms with Crippen molar-refractivity contribution < 1.29 is 0 Å². The molecule has 0 N–H and O–H groups in total. The second-order valence-electron chi connectivity index (χ2n) is 3.16. The van der Waals surface area contributed by atoms with Crippen LogP contribution in [0.4, 0.5) is 0 Å². The molecule has 0 aliphatic heterocycles. The summed E-state index contributed by atoms with van der Waals surface area (Å²) in [5.74, 6) is 0. The molecular formula is C11H8Cl2N2. The topological polar surface area (TPSA) is 25.8 Å². The number of aromatic nitrogens is 2. The minimum absolute atomic E-state index is 0.529. The number of nitrogens with zero attached hydrogens (tertiary/aromatic N) is 2. The number of rotatable bonds is 1. The molecule has 1 aromatic carbocycles. The van der Waals surface area contributed by atoms with Gasteiger partial charge in [0, 0.05) is 11.8 Å². The highest BCUT2D eigenvalue weighted by Gasteiger charge is 2.09. The molecule has 0 spiro atoms. The summed E-state index contributed by atoms with van der Waals surface area (Å²) in [6.45, 7) is 1.94. The van der Waals surface area contributed by atoms with Crippen LogP contribution in [0.15, 0.2) is 30.7 Å². The van der Waals surface area contributed by atoms with Gasteiger partial charge in [0.05, 0.1) is 15.7 Å². The van der Waals surface area contributed by atoms with Gasteiger partial charge in [-0.05, 0) is 18.6 Å². The summed E-state index contributed by atoms with van der Waals surface area (Å²) in [7, 11) is 0. The van der Waals surface area contributed by atoms with E-state index < -0.39 is 0 Å². The van der Waals surface area contributed by atoms with Crippen molar-refractivity contribution in [2.24, 2.45) is 0 Å². The molecule has 15 heavy (non-hydrogen) atoms. The number of hydrogen-bond acceptors (Lipinski definition) is 2. The van der Waals surface area contributed by atoms with E-state index in [4.69, 9.17) is 23.2 Å². The van der Waals surface area contributed by atoms with Crippen LogP contribution in [0.2, 0.25) is 10.0 Å². The average Bonchev–Trinajstić information content (AvgIpc) is 2.23. The summed E-state index contributed by atoms with van der Waals surface area (Å²) in [6, 6.07) is 5.50. The first-order chi connectivity index (χ1) is 7.20. The van der Waals surface area contributed by atoms with Gasteiger partial charge in [-0.2, -0.15) is 0 Å². The van der Waals surface area contributed by atoms with Crippen molar-refractivity contribution in [2.75, 3.05) is 0 Å². The summed E-state index contributed by atoms with van der Waals surface area (Å²) in [5.41, 5.74) is 2.63. The van der Waals surface area contributed by atoms with Crippen molar-refractivity contribution in [3.8, 4) is 11.3 Å². The maximum atomic E-state index is 6.11. The number of halogens is 2. The van der Waals surface area contributed by atoms with Crippen molar-refractivity contribution in [1.29, 1.82) is 0 Å². The van der Waals surface area contributed by atoms with Crippen molar-refractivity contribution in [1.82, 2.24) is 9.97 Å². The Morgan fingerprint density at radius 3 is 2.73 bits per heavy atom. The van der Waals surface area contributed by atoms with Crippen LogP contribution < -0.4 is 0 Å². The van der Waals surface area contributed by atoms with Crippen molar-refractivity contribution in [3.63, 3.8) is 0 Å². The lowest BCUT2D eigenvalue weighted by atomic mass is 10.1. The van der Waals surface area contributed by atoms with E-state index in [0.29, 0.717) is 10.0 Å². The van der Waals surface area contributed by atoms with E-state index in [1.165, 1.54) is 6.33 Å². The van der Waals surface area contributed by atoms with Gasteiger partial charge in [0.25, 0.3) is 0 Å². The molecular weight excluding hydrogens is 231 g/mol. The largest absolute Gasteiger partial charge is 0.245 e. The first-order valence-electron chi connectivity index (χ1n) is 4.41. The Labute approximate surface area is 97.9 Å². The van der Waals surface area contributed by atoms with Gasteiger partial charge in [-0.15, -0.1) is 0 Å². The van der Waals surface area contributed by atoms with E-state index in [9.17, 15) is 0 Å². The van der Waals surface area contributed by atoms with Crippen LogP contribution in [0.1, 0.15) is 5.56 Å². The van der Waals surface area contributed by atoms with E-state index in [1.54, 1.807) is 12.3 Å². The van der Waals surface area contributed by atoms with Crippen LogP contribution in [0.25, 0.3) is 11.3 Å². The summed E-state index contributed by atoms with van der Waals surface area (Å²) < 4.78 is 0. The first-order valence-corrected chi connectivity index (χ1v) is 5.16. The van der Waals surface area contributed by atoms with Gasteiger partial charge in [0.15, 0.2) is 0 Å². The predicted octanol–water partition coefficient (Wildman–Crippen LogP) is 3.76. The van der Waals surface area contributed by atoms with Gasteiger partial charge in [0.1, 0.15) is 6.33 Å². The van der Waals surface area contributed by atoms with Gasteiger partial charge in [-0.1, -0.05) is 35.3 Å². The molecule has 0 atom stereocenters. The molecule has 0 fully saturated rings. The summed E-state index contributed by atoms with van der Waals surface area (Å²) in [4.78, 5) is 8.13. The van der Waals surface area contributed by atoms with Gasteiger partial charge >= 0.3 is 0 Å². The lowest BCUT2D eigenvalue weighted by molar-refractivity contribution is 1.13. The lowest BCUT2D eigenvalue weighted by Gasteiger charge is -2.06. The smallest absolute Gasteiger partial charge is 0.116 e. The van der Waals surface area contributed by atoms with Crippen molar-refractivity contribution >= 4 is 23.2 Å². The zero-order valence-electron chi connectivity index (χ0n) is 8.04. The number of benzene rings is 1. The predicted molar refractivity (Wildman–Crippen MR) is 62.2 cm³/mol. The Balaban J connectivity index is 2.65. The number of aryl methyl sites for hydroxylation is 1. The van der Waals surface area contributed by atoms with Crippen LogP contribution in [0, 0.1) is 6.92 Å². The molecule has 0 saturated carbocycles. The highest BCUT2D eigenvalue weighted by atomic mass is 35.5. The fraction of sp³-hybridized carbons (Fsp3) is 0.0909. The molecule has 2 rings (SSSR count). The summed E-state index contributed by atoms with van der Waals surface area (Å²) in [5, 5.41) is 1.06. The monoisotopic (exact) mass is 238 g/mol. The second-order valence-corrected chi connectivity index (χ2v) is 3.94. The molecule has 1 heterocycles. The highest BCUT2D eigenvalue weighted by molar-refractivity contribution is 6.43. The van der Waals surface area contributed by atoms with Crippen LogP contribution in [0.3, 0.4) is 0 Å². The van der Waals surface area contributed by atoms with Gasteiger partial charge in [-0.25, -0.2) is 9.97 Å². The van der Waals surface area contributed by atoms with E-state index in [2.05, 4.69) is 9.97 Å². The maximum Gasteiger partial charge on any atom is 0.116 e. The van der Waals surface area contributed by atoms with Crippen LogP contribution in [-0.4, -0.2) is 9.97 Å². The Kier molecular flexibility index (Phi) is 2.89. The fourth-order valence-corrected chi connectivity index (χ4v) is 1.76. The highest BCUT2D eigenvalue weighted by Crippen LogP contribution is 2.33.